The van der Waals surface area contributed by atoms with Crippen LogP contribution in [0.5, 0.6) is 0 Å². The zero-order valence-electron chi connectivity index (χ0n) is 13.2. The summed E-state index contributed by atoms with van der Waals surface area (Å²) >= 11 is 0. The smallest absolute Gasteiger partial charge is 0.243 e. The Bertz CT molecular complexity index is 249. The molecule has 0 aromatic heterocycles. The van der Waals surface area contributed by atoms with Gasteiger partial charge in [0.1, 0.15) is 0 Å². The minimum absolute atomic E-state index is 0.0732. The van der Waals surface area contributed by atoms with Crippen LogP contribution in [0.15, 0.2) is 12.7 Å². The van der Waals surface area contributed by atoms with E-state index in [2.05, 4.69) is 32.9 Å². The quantitative estimate of drug-likeness (QED) is 0.329. The van der Waals surface area contributed by atoms with E-state index in [-0.39, 0.29) is 5.91 Å². The van der Waals surface area contributed by atoms with Crippen LogP contribution in [-0.2, 0) is 4.79 Å². The molecule has 0 aliphatic rings. The van der Waals surface area contributed by atoms with Crippen molar-refractivity contribution in [3.63, 3.8) is 0 Å². The fraction of sp³-hybridized carbons (Fsp3) is 0.812. The van der Waals surface area contributed by atoms with E-state index in [0.717, 1.165) is 17.6 Å². The Kier molecular flexibility index (Phi) is 10.6. The molecule has 3 nitrogen and oxygen atoms in total. The van der Waals surface area contributed by atoms with E-state index in [9.17, 15) is 4.79 Å². The van der Waals surface area contributed by atoms with Crippen LogP contribution in [0.4, 0.5) is 0 Å². The number of hydrogen-bond acceptors (Lipinski definition) is 1. The zero-order chi connectivity index (χ0) is 14.6. The third-order valence-electron chi connectivity index (χ3n) is 3.57. The Hall–Kier alpha value is -0.830. The summed E-state index contributed by atoms with van der Waals surface area (Å²) in [6, 6.07) is 0. The van der Waals surface area contributed by atoms with Gasteiger partial charge in [-0.25, -0.2) is 0 Å². The molecule has 0 heterocycles. The van der Waals surface area contributed by atoms with Crippen LogP contribution in [0.2, 0.25) is 0 Å². The lowest BCUT2D eigenvalue weighted by Gasteiger charge is -2.29. The largest absolute Gasteiger partial charge is 0.347 e. The van der Waals surface area contributed by atoms with Gasteiger partial charge in [0.15, 0.2) is 0 Å². The number of carbonyl (C=O) groups excluding carboxylic acids is 1. The molecule has 0 saturated carbocycles. The normalized spacial score (nSPS) is 11.3. The van der Waals surface area contributed by atoms with Gasteiger partial charge in [0, 0.05) is 0 Å². The second-order valence-electron chi connectivity index (χ2n) is 6.00. The number of rotatable bonds is 12. The lowest BCUT2D eigenvalue weighted by Crippen LogP contribution is -2.45. The number of nitrogens with one attached hydrogen (secondary N) is 1. The molecule has 112 valence electrons. The Labute approximate surface area is 119 Å². The number of quaternary nitrogens is 1. The predicted molar refractivity (Wildman–Crippen MR) is 83.0 cm³/mol. The summed E-state index contributed by atoms with van der Waals surface area (Å²) < 4.78 is 0.979. The topological polar surface area (TPSA) is 29.1 Å². The molecule has 0 atom stereocenters. The zero-order valence-corrected chi connectivity index (χ0v) is 13.2. The summed E-state index contributed by atoms with van der Waals surface area (Å²) in [6.07, 6.45) is 10.8. The highest BCUT2D eigenvalue weighted by atomic mass is 16.1. The number of unbranched alkanes of at least 4 members (excludes halogenated alkanes) is 6. The summed E-state index contributed by atoms with van der Waals surface area (Å²) in [5.74, 6) is -0.0732. The van der Waals surface area contributed by atoms with Crippen LogP contribution in [0.3, 0.4) is 0 Å². The predicted octanol–water partition coefficient (Wildman–Crippen LogP) is 3.12. The Morgan fingerprint density at radius 1 is 1.05 bits per heavy atom. The minimum atomic E-state index is -0.0732. The van der Waals surface area contributed by atoms with Crippen molar-refractivity contribution in [2.24, 2.45) is 0 Å². The molecule has 0 rings (SSSR count). The number of nitrogens with zero attached hydrogens (tertiary/aromatic N) is 1. The highest BCUT2D eigenvalue weighted by Gasteiger charge is 2.13. The fourth-order valence-corrected chi connectivity index (χ4v) is 2.16. The lowest BCUT2D eigenvalue weighted by atomic mass is 10.1. The van der Waals surface area contributed by atoms with Gasteiger partial charge in [-0.05, 0) is 18.9 Å². The van der Waals surface area contributed by atoms with Crippen molar-refractivity contribution in [2.45, 2.75) is 51.9 Å². The summed E-state index contributed by atoms with van der Waals surface area (Å²) in [7, 11) is 4.47. The molecular weight excluding hydrogens is 236 g/mol. The average Bonchev–Trinajstić information content (AvgIpc) is 2.37. The summed E-state index contributed by atoms with van der Waals surface area (Å²) in [5, 5.41) is 2.84. The minimum Gasteiger partial charge on any atom is -0.347 e. The van der Waals surface area contributed by atoms with Crippen molar-refractivity contribution < 1.29 is 9.28 Å². The third-order valence-corrected chi connectivity index (χ3v) is 3.57. The molecule has 0 aromatic carbocycles. The summed E-state index contributed by atoms with van der Waals surface area (Å²) in [5.41, 5.74) is 0. The van der Waals surface area contributed by atoms with E-state index in [1.165, 1.54) is 57.6 Å². The molecule has 19 heavy (non-hydrogen) atoms. The molecule has 0 spiro atoms. The van der Waals surface area contributed by atoms with Crippen LogP contribution < -0.4 is 5.32 Å². The molecule has 0 aromatic rings. The number of amides is 1. The van der Waals surface area contributed by atoms with Crippen molar-refractivity contribution in [2.75, 3.05) is 33.7 Å². The highest BCUT2D eigenvalue weighted by Crippen LogP contribution is 2.08. The Balaban J connectivity index is 3.50. The molecular formula is C16H33N2O+. The Morgan fingerprint density at radius 3 is 2.21 bits per heavy atom. The standard InChI is InChI=1S/C16H32N2O/c1-5-7-8-9-10-11-12-14-18(3,4)15-13-17-16(19)6-2/h6H,2,5,7-15H2,1,3-4H3/p+1. The SMILES string of the molecule is C=CC(=O)NCC[N+](C)(C)CCCCCCCCC. The van der Waals surface area contributed by atoms with Gasteiger partial charge in [-0.15, -0.1) is 0 Å². The molecule has 0 aliphatic carbocycles. The third kappa shape index (κ3) is 12.0. The van der Waals surface area contributed by atoms with Gasteiger partial charge in [-0.3, -0.25) is 4.79 Å². The maximum atomic E-state index is 11.0. The maximum Gasteiger partial charge on any atom is 0.243 e. The van der Waals surface area contributed by atoms with E-state index in [0.29, 0.717) is 0 Å². The number of likely N-dealkylation sites (N-methyl/N-ethyl adjacent to an activating group) is 1. The van der Waals surface area contributed by atoms with Crippen molar-refractivity contribution in [3.05, 3.63) is 12.7 Å². The van der Waals surface area contributed by atoms with Gasteiger partial charge in [0.05, 0.1) is 33.7 Å². The molecule has 1 N–H and O–H groups in total. The number of carbonyl (C=O) groups is 1. The van der Waals surface area contributed by atoms with Crippen LogP contribution in [0, 0.1) is 0 Å². The average molecular weight is 269 g/mol. The van der Waals surface area contributed by atoms with Crippen LogP contribution >= 0.6 is 0 Å². The van der Waals surface area contributed by atoms with Crippen LogP contribution in [-0.4, -0.2) is 44.1 Å². The van der Waals surface area contributed by atoms with Gasteiger partial charge >= 0.3 is 0 Å². The summed E-state index contributed by atoms with van der Waals surface area (Å²) in [4.78, 5) is 11.0. The van der Waals surface area contributed by atoms with Crippen LogP contribution in [0.25, 0.3) is 0 Å². The molecule has 0 aliphatic heterocycles. The van der Waals surface area contributed by atoms with Gasteiger partial charge in [0.2, 0.25) is 5.91 Å². The van der Waals surface area contributed by atoms with Crippen LogP contribution in [0.1, 0.15) is 51.9 Å². The van der Waals surface area contributed by atoms with E-state index in [1.807, 2.05) is 0 Å². The first-order chi connectivity index (χ1) is 9.02. The van der Waals surface area contributed by atoms with Crippen molar-refractivity contribution >= 4 is 5.91 Å². The highest BCUT2D eigenvalue weighted by molar-refractivity contribution is 5.86. The first-order valence-corrected chi connectivity index (χ1v) is 7.74. The van der Waals surface area contributed by atoms with E-state index >= 15 is 0 Å². The monoisotopic (exact) mass is 269 g/mol. The maximum absolute atomic E-state index is 11.0. The first-order valence-electron chi connectivity index (χ1n) is 7.74. The second kappa shape index (κ2) is 11.0. The van der Waals surface area contributed by atoms with Crippen molar-refractivity contribution in [1.29, 1.82) is 0 Å². The van der Waals surface area contributed by atoms with Gasteiger partial charge in [-0.2, -0.15) is 0 Å². The molecule has 0 saturated heterocycles. The van der Waals surface area contributed by atoms with Gasteiger partial charge in [-0.1, -0.05) is 45.6 Å². The van der Waals surface area contributed by atoms with E-state index < -0.39 is 0 Å². The summed E-state index contributed by atoms with van der Waals surface area (Å²) in [6.45, 7) is 8.61. The van der Waals surface area contributed by atoms with E-state index in [4.69, 9.17) is 0 Å². The van der Waals surface area contributed by atoms with E-state index in [1.54, 1.807) is 0 Å². The van der Waals surface area contributed by atoms with Crippen molar-refractivity contribution in [3.8, 4) is 0 Å². The lowest BCUT2D eigenvalue weighted by molar-refractivity contribution is -0.889. The van der Waals surface area contributed by atoms with Gasteiger partial charge < -0.3 is 9.80 Å². The first kappa shape index (κ1) is 18.2. The molecule has 0 fully saturated rings. The number of hydrogen-bond donors (Lipinski definition) is 1. The molecule has 0 unspecified atom stereocenters. The molecule has 0 radical (unpaired) electrons. The van der Waals surface area contributed by atoms with Gasteiger partial charge in [0.25, 0.3) is 0 Å². The molecule has 0 bridgehead atoms. The fourth-order valence-electron chi connectivity index (χ4n) is 2.16. The Morgan fingerprint density at radius 2 is 1.63 bits per heavy atom. The molecule has 1 amide bonds. The molecule has 3 heteroatoms. The van der Waals surface area contributed by atoms with Crippen molar-refractivity contribution in [1.82, 2.24) is 5.32 Å². The second-order valence-corrected chi connectivity index (χ2v) is 6.00.